The molecule has 6 heteroatoms. The molecule has 0 spiro atoms. The SMILES string of the molecule is COc1cccc(N(CC(=O)O)C(=O)[C@H](C)CS)c1. The van der Waals surface area contributed by atoms with Gasteiger partial charge in [0, 0.05) is 23.4 Å². The third-order valence-electron chi connectivity index (χ3n) is 2.62. The van der Waals surface area contributed by atoms with E-state index in [-0.39, 0.29) is 18.4 Å². The number of amides is 1. The number of nitrogens with zero attached hydrogens (tertiary/aromatic N) is 1. The first-order valence-corrected chi connectivity index (χ1v) is 6.41. The molecule has 0 bridgehead atoms. The van der Waals surface area contributed by atoms with Crippen molar-refractivity contribution in [3.8, 4) is 5.75 Å². The van der Waals surface area contributed by atoms with Crippen molar-refractivity contribution in [2.75, 3.05) is 24.3 Å². The maximum atomic E-state index is 12.2. The van der Waals surface area contributed by atoms with E-state index in [2.05, 4.69) is 12.6 Å². The number of carboxylic acid groups (broad SMARTS) is 1. The van der Waals surface area contributed by atoms with Gasteiger partial charge in [0.1, 0.15) is 12.3 Å². The van der Waals surface area contributed by atoms with Gasteiger partial charge in [-0.2, -0.15) is 12.6 Å². The van der Waals surface area contributed by atoms with Crippen LogP contribution >= 0.6 is 12.6 Å². The fraction of sp³-hybridized carbons (Fsp3) is 0.385. The molecule has 1 amide bonds. The number of anilines is 1. The van der Waals surface area contributed by atoms with Crippen molar-refractivity contribution in [1.29, 1.82) is 0 Å². The lowest BCUT2D eigenvalue weighted by Crippen LogP contribution is -2.39. The highest BCUT2D eigenvalue weighted by molar-refractivity contribution is 7.80. The van der Waals surface area contributed by atoms with Crippen LogP contribution in [-0.2, 0) is 9.59 Å². The topological polar surface area (TPSA) is 66.8 Å². The van der Waals surface area contributed by atoms with Crippen molar-refractivity contribution in [1.82, 2.24) is 0 Å². The van der Waals surface area contributed by atoms with Crippen LogP contribution < -0.4 is 9.64 Å². The first-order chi connectivity index (χ1) is 8.99. The Morgan fingerprint density at radius 2 is 2.16 bits per heavy atom. The maximum absolute atomic E-state index is 12.2. The van der Waals surface area contributed by atoms with Crippen LogP contribution in [0, 0.1) is 5.92 Å². The molecule has 0 saturated heterocycles. The van der Waals surface area contributed by atoms with Gasteiger partial charge >= 0.3 is 5.97 Å². The van der Waals surface area contributed by atoms with Gasteiger partial charge in [-0.25, -0.2) is 0 Å². The summed E-state index contributed by atoms with van der Waals surface area (Å²) in [5.74, 6) is -0.764. The standard InChI is InChI=1S/C13H17NO4S/c1-9(8-19)13(17)14(7-12(15)16)10-4-3-5-11(6-10)18-2/h3-6,9,19H,7-8H2,1-2H3,(H,15,16)/t9-/m1/s1. The molecule has 0 unspecified atom stereocenters. The smallest absolute Gasteiger partial charge is 0.323 e. The Balaban J connectivity index is 3.08. The Hall–Kier alpha value is -1.69. The predicted octanol–water partition coefficient (Wildman–Crippen LogP) is 1.68. The molecular weight excluding hydrogens is 266 g/mol. The van der Waals surface area contributed by atoms with Crippen LogP contribution in [0.5, 0.6) is 5.75 Å². The van der Waals surface area contributed by atoms with E-state index >= 15 is 0 Å². The molecule has 1 aromatic carbocycles. The number of hydrogen-bond donors (Lipinski definition) is 2. The van der Waals surface area contributed by atoms with Crippen molar-refractivity contribution in [3.63, 3.8) is 0 Å². The van der Waals surface area contributed by atoms with Crippen molar-refractivity contribution in [2.24, 2.45) is 5.92 Å². The molecule has 1 rings (SSSR count). The van der Waals surface area contributed by atoms with Crippen LogP contribution in [0.3, 0.4) is 0 Å². The molecule has 0 aliphatic carbocycles. The molecule has 104 valence electrons. The summed E-state index contributed by atoms with van der Waals surface area (Å²) >= 11 is 4.07. The summed E-state index contributed by atoms with van der Waals surface area (Å²) in [7, 11) is 1.51. The van der Waals surface area contributed by atoms with Crippen LogP contribution in [0.1, 0.15) is 6.92 Å². The van der Waals surface area contributed by atoms with E-state index in [1.807, 2.05) is 0 Å². The zero-order valence-corrected chi connectivity index (χ0v) is 11.8. The van der Waals surface area contributed by atoms with E-state index in [0.29, 0.717) is 17.2 Å². The van der Waals surface area contributed by atoms with Gasteiger partial charge < -0.3 is 14.7 Å². The van der Waals surface area contributed by atoms with Crippen LogP contribution in [0.15, 0.2) is 24.3 Å². The number of hydrogen-bond acceptors (Lipinski definition) is 4. The van der Waals surface area contributed by atoms with Gasteiger partial charge in [0.25, 0.3) is 0 Å². The average Bonchev–Trinajstić information content (AvgIpc) is 2.43. The number of carbonyl (C=O) groups is 2. The lowest BCUT2D eigenvalue weighted by Gasteiger charge is -2.24. The Morgan fingerprint density at radius 1 is 1.47 bits per heavy atom. The monoisotopic (exact) mass is 283 g/mol. The number of benzene rings is 1. The lowest BCUT2D eigenvalue weighted by molar-refractivity contribution is -0.137. The summed E-state index contributed by atoms with van der Waals surface area (Å²) in [5, 5.41) is 8.93. The highest BCUT2D eigenvalue weighted by Crippen LogP contribution is 2.22. The van der Waals surface area contributed by atoms with Gasteiger partial charge in [0.15, 0.2) is 0 Å². The van der Waals surface area contributed by atoms with E-state index in [4.69, 9.17) is 9.84 Å². The van der Waals surface area contributed by atoms with Gasteiger partial charge in [-0.15, -0.1) is 0 Å². The van der Waals surface area contributed by atoms with Gasteiger partial charge in [0.2, 0.25) is 5.91 Å². The van der Waals surface area contributed by atoms with Gasteiger partial charge in [0.05, 0.1) is 7.11 Å². The average molecular weight is 283 g/mol. The minimum atomic E-state index is -1.07. The molecule has 1 aromatic rings. The van der Waals surface area contributed by atoms with Crippen LogP contribution in [0.4, 0.5) is 5.69 Å². The summed E-state index contributed by atoms with van der Waals surface area (Å²) in [6, 6.07) is 6.75. The molecule has 1 N–H and O–H groups in total. The summed E-state index contributed by atoms with van der Waals surface area (Å²) < 4.78 is 5.08. The molecule has 0 saturated carbocycles. The summed E-state index contributed by atoms with van der Waals surface area (Å²) in [6.07, 6.45) is 0. The quantitative estimate of drug-likeness (QED) is 0.780. The van der Waals surface area contributed by atoms with Crippen molar-refractivity contribution in [3.05, 3.63) is 24.3 Å². The molecule has 0 radical (unpaired) electrons. The van der Waals surface area contributed by atoms with Crippen LogP contribution in [0.25, 0.3) is 0 Å². The number of aliphatic carboxylic acids is 1. The van der Waals surface area contributed by atoms with E-state index < -0.39 is 5.97 Å². The zero-order valence-electron chi connectivity index (χ0n) is 10.9. The summed E-state index contributed by atoms with van der Waals surface area (Å²) in [5.41, 5.74) is 0.500. The molecule has 0 heterocycles. The van der Waals surface area contributed by atoms with Crippen LogP contribution in [0.2, 0.25) is 0 Å². The van der Waals surface area contributed by atoms with E-state index in [9.17, 15) is 9.59 Å². The van der Waals surface area contributed by atoms with Crippen molar-refractivity contribution < 1.29 is 19.4 Å². The molecule has 0 aliphatic rings. The minimum Gasteiger partial charge on any atom is -0.497 e. The highest BCUT2D eigenvalue weighted by Gasteiger charge is 2.23. The second-order valence-corrected chi connectivity index (χ2v) is 4.47. The highest BCUT2D eigenvalue weighted by atomic mass is 32.1. The summed E-state index contributed by atoms with van der Waals surface area (Å²) in [4.78, 5) is 24.3. The maximum Gasteiger partial charge on any atom is 0.323 e. The molecule has 19 heavy (non-hydrogen) atoms. The molecule has 5 nitrogen and oxygen atoms in total. The third-order valence-corrected chi connectivity index (χ3v) is 3.17. The first-order valence-electron chi connectivity index (χ1n) is 5.77. The van der Waals surface area contributed by atoms with E-state index in [1.54, 1.807) is 31.2 Å². The van der Waals surface area contributed by atoms with Crippen molar-refractivity contribution in [2.45, 2.75) is 6.92 Å². The number of rotatable bonds is 6. The normalized spacial score (nSPS) is 11.7. The van der Waals surface area contributed by atoms with Gasteiger partial charge in [-0.05, 0) is 12.1 Å². The fourth-order valence-electron chi connectivity index (χ4n) is 1.55. The number of ether oxygens (including phenoxy) is 1. The minimum absolute atomic E-state index is 0.273. The first kappa shape index (κ1) is 15.4. The van der Waals surface area contributed by atoms with Gasteiger partial charge in [-0.1, -0.05) is 13.0 Å². The zero-order chi connectivity index (χ0) is 14.4. The Bertz CT molecular complexity index is 464. The molecule has 0 aromatic heterocycles. The summed E-state index contributed by atoms with van der Waals surface area (Å²) in [6.45, 7) is 1.33. The number of methoxy groups -OCH3 is 1. The molecule has 0 aliphatic heterocycles. The van der Waals surface area contributed by atoms with Crippen molar-refractivity contribution >= 4 is 30.2 Å². The lowest BCUT2D eigenvalue weighted by atomic mass is 10.1. The second kappa shape index (κ2) is 7.04. The predicted molar refractivity (Wildman–Crippen MR) is 76.0 cm³/mol. The molecular formula is C13H17NO4S. The second-order valence-electron chi connectivity index (χ2n) is 4.10. The van der Waals surface area contributed by atoms with Gasteiger partial charge in [-0.3, -0.25) is 9.59 Å². The fourth-order valence-corrected chi connectivity index (χ4v) is 1.71. The Kier molecular flexibility index (Phi) is 5.69. The number of carbonyl (C=O) groups excluding carboxylic acids is 1. The number of carboxylic acids is 1. The van der Waals surface area contributed by atoms with E-state index in [1.165, 1.54) is 12.0 Å². The Labute approximate surface area is 117 Å². The van der Waals surface area contributed by atoms with E-state index in [0.717, 1.165) is 0 Å². The largest absolute Gasteiger partial charge is 0.497 e. The van der Waals surface area contributed by atoms with Crippen LogP contribution in [-0.4, -0.2) is 36.4 Å². The molecule has 0 fully saturated rings. The number of thiol groups is 1. The third kappa shape index (κ3) is 4.17. The Morgan fingerprint density at radius 3 is 2.68 bits per heavy atom. The molecule has 1 atom stereocenters.